The Morgan fingerprint density at radius 1 is 1.47 bits per heavy atom. The Balaban J connectivity index is 3.09. The van der Waals surface area contributed by atoms with Crippen molar-refractivity contribution in [3.05, 3.63) is 28.8 Å². The molecular formula is C12H19ClN2O3S. The zero-order valence-corrected chi connectivity index (χ0v) is 12.6. The third kappa shape index (κ3) is 3.90. The van der Waals surface area contributed by atoms with Crippen LogP contribution in [-0.4, -0.2) is 43.6 Å². The average molecular weight is 307 g/mol. The van der Waals surface area contributed by atoms with Gasteiger partial charge in [-0.1, -0.05) is 18.5 Å². The smallest absolute Gasteiger partial charge is 0.243 e. The standard InChI is InChI=1S/C12H19ClN2O3S/c1-3-15(8-10(16)7-14)19(17,18)11-4-5-12(13)9(2)6-11/h4-6,10,16H,3,7-8,14H2,1-2H3/t10-/m1/s1. The summed E-state index contributed by atoms with van der Waals surface area (Å²) >= 11 is 5.89. The summed E-state index contributed by atoms with van der Waals surface area (Å²) < 4.78 is 26.0. The first-order valence-corrected chi connectivity index (χ1v) is 7.79. The van der Waals surface area contributed by atoms with Crippen molar-refractivity contribution in [1.29, 1.82) is 0 Å². The molecule has 1 atom stereocenters. The van der Waals surface area contributed by atoms with Crippen LogP contribution < -0.4 is 5.73 Å². The summed E-state index contributed by atoms with van der Waals surface area (Å²) in [5, 5.41) is 10.0. The zero-order valence-electron chi connectivity index (χ0n) is 11.0. The van der Waals surface area contributed by atoms with E-state index in [1.807, 2.05) is 0 Å². The quantitative estimate of drug-likeness (QED) is 0.820. The summed E-state index contributed by atoms with van der Waals surface area (Å²) in [5.74, 6) is 0. The predicted octanol–water partition coefficient (Wildman–Crippen LogP) is 0.979. The van der Waals surface area contributed by atoms with Crippen molar-refractivity contribution < 1.29 is 13.5 Å². The molecule has 5 nitrogen and oxygen atoms in total. The molecule has 19 heavy (non-hydrogen) atoms. The van der Waals surface area contributed by atoms with Crippen molar-refractivity contribution in [1.82, 2.24) is 4.31 Å². The first-order chi connectivity index (χ1) is 8.82. The Morgan fingerprint density at radius 2 is 2.11 bits per heavy atom. The number of halogens is 1. The van der Waals surface area contributed by atoms with E-state index in [0.717, 1.165) is 0 Å². The number of benzene rings is 1. The van der Waals surface area contributed by atoms with E-state index in [4.69, 9.17) is 17.3 Å². The molecule has 1 aromatic rings. The second-order valence-corrected chi connectivity index (χ2v) is 6.60. The number of aliphatic hydroxyl groups excluding tert-OH is 1. The summed E-state index contributed by atoms with van der Waals surface area (Å²) in [5.41, 5.74) is 6.00. The van der Waals surface area contributed by atoms with Crippen LogP contribution in [0.1, 0.15) is 12.5 Å². The first kappa shape index (κ1) is 16.4. The molecule has 7 heteroatoms. The highest BCUT2D eigenvalue weighted by Crippen LogP contribution is 2.22. The van der Waals surface area contributed by atoms with Crippen molar-refractivity contribution in [2.24, 2.45) is 5.73 Å². The highest BCUT2D eigenvalue weighted by atomic mass is 35.5. The van der Waals surface area contributed by atoms with Gasteiger partial charge in [-0.2, -0.15) is 4.31 Å². The average Bonchev–Trinajstić information content (AvgIpc) is 2.38. The van der Waals surface area contributed by atoms with E-state index >= 15 is 0 Å². The topological polar surface area (TPSA) is 83.6 Å². The number of aliphatic hydroxyl groups is 1. The van der Waals surface area contributed by atoms with Gasteiger partial charge >= 0.3 is 0 Å². The molecule has 0 saturated heterocycles. The lowest BCUT2D eigenvalue weighted by Gasteiger charge is -2.23. The number of sulfonamides is 1. The molecule has 1 rings (SSSR count). The molecule has 0 aliphatic carbocycles. The van der Waals surface area contributed by atoms with Crippen LogP contribution in [0.4, 0.5) is 0 Å². The van der Waals surface area contributed by atoms with Gasteiger partial charge in [0.25, 0.3) is 0 Å². The van der Waals surface area contributed by atoms with E-state index in [0.29, 0.717) is 10.6 Å². The van der Waals surface area contributed by atoms with E-state index < -0.39 is 16.1 Å². The van der Waals surface area contributed by atoms with Gasteiger partial charge in [0.2, 0.25) is 10.0 Å². The summed E-state index contributed by atoms with van der Waals surface area (Å²) in [6, 6.07) is 4.54. The summed E-state index contributed by atoms with van der Waals surface area (Å²) in [7, 11) is -3.64. The van der Waals surface area contributed by atoms with Gasteiger partial charge in [-0.3, -0.25) is 0 Å². The SMILES string of the molecule is CCN(C[C@H](O)CN)S(=O)(=O)c1ccc(Cl)c(C)c1. The Morgan fingerprint density at radius 3 is 2.58 bits per heavy atom. The molecule has 0 radical (unpaired) electrons. The highest BCUT2D eigenvalue weighted by molar-refractivity contribution is 7.89. The normalized spacial score (nSPS) is 13.8. The van der Waals surface area contributed by atoms with Crippen molar-refractivity contribution in [2.45, 2.75) is 24.8 Å². The predicted molar refractivity (Wildman–Crippen MR) is 75.7 cm³/mol. The van der Waals surface area contributed by atoms with E-state index in [-0.39, 0.29) is 24.5 Å². The molecule has 0 bridgehead atoms. The molecule has 0 heterocycles. The van der Waals surface area contributed by atoms with E-state index in [2.05, 4.69) is 0 Å². The van der Waals surface area contributed by atoms with Gasteiger partial charge in [0, 0.05) is 24.7 Å². The Labute approximate surface area is 119 Å². The summed E-state index contributed by atoms with van der Waals surface area (Å²) in [6.07, 6.45) is -0.872. The van der Waals surface area contributed by atoms with Crippen LogP contribution in [0.25, 0.3) is 0 Å². The molecule has 0 unspecified atom stereocenters. The molecule has 108 valence electrons. The van der Waals surface area contributed by atoms with Gasteiger partial charge < -0.3 is 10.8 Å². The van der Waals surface area contributed by atoms with E-state index in [9.17, 15) is 13.5 Å². The van der Waals surface area contributed by atoms with Crippen LogP contribution in [0.5, 0.6) is 0 Å². The molecule has 3 N–H and O–H groups in total. The van der Waals surface area contributed by atoms with Crippen molar-refractivity contribution in [2.75, 3.05) is 19.6 Å². The van der Waals surface area contributed by atoms with Crippen LogP contribution in [0, 0.1) is 6.92 Å². The van der Waals surface area contributed by atoms with Crippen LogP contribution in [0.15, 0.2) is 23.1 Å². The number of rotatable bonds is 6. The van der Waals surface area contributed by atoms with Gasteiger partial charge in [0.15, 0.2) is 0 Å². The fraction of sp³-hybridized carbons (Fsp3) is 0.500. The molecule has 0 spiro atoms. The zero-order chi connectivity index (χ0) is 14.6. The lowest BCUT2D eigenvalue weighted by atomic mass is 10.2. The minimum atomic E-state index is -3.64. The van der Waals surface area contributed by atoms with Crippen LogP contribution in [0.3, 0.4) is 0 Å². The van der Waals surface area contributed by atoms with Crippen molar-refractivity contribution >= 4 is 21.6 Å². The lowest BCUT2D eigenvalue weighted by Crippen LogP contribution is -2.40. The molecule has 0 fully saturated rings. The minimum absolute atomic E-state index is 0.0169. The van der Waals surface area contributed by atoms with Crippen LogP contribution in [0.2, 0.25) is 5.02 Å². The monoisotopic (exact) mass is 306 g/mol. The number of nitrogens with zero attached hydrogens (tertiary/aromatic N) is 1. The van der Waals surface area contributed by atoms with Gasteiger partial charge in [-0.15, -0.1) is 0 Å². The summed E-state index contributed by atoms with van der Waals surface area (Å²) in [4.78, 5) is 0.167. The van der Waals surface area contributed by atoms with Gasteiger partial charge in [-0.25, -0.2) is 8.42 Å². The third-order valence-corrected chi connectivity index (χ3v) is 5.17. The molecule has 0 saturated carbocycles. The number of hydrogen-bond donors (Lipinski definition) is 2. The maximum Gasteiger partial charge on any atom is 0.243 e. The molecule has 0 aliphatic rings. The molecular weight excluding hydrogens is 288 g/mol. The maximum absolute atomic E-state index is 12.4. The molecule has 0 amide bonds. The highest BCUT2D eigenvalue weighted by Gasteiger charge is 2.25. The van der Waals surface area contributed by atoms with Gasteiger partial charge in [-0.05, 0) is 30.7 Å². The van der Waals surface area contributed by atoms with Gasteiger partial charge in [0.1, 0.15) is 0 Å². The maximum atomic E-state index is 12.4. The largest absolute Gasteiger partial charge is 0.390 e. The fourth-order valence-electron chi connectivity index (χ4n) is 1.63. The van der Waals surface area contributed by atoms with Gasteiger partial charge in [0.05, 0.1) is 11.0 Å². The van der Waals surface area contributed by atoms with E-state index in [1.165, 1.54) is 16.4 Å². The first-order valence-electron chi connectivity index (χ1n) is 5.97. The van der Waals surface area contributed by atoms with E-state index in [1.54, 1.807) is 19.9 Å². The fourth-order valence-corrected chi connectivity index (χ4v) is 3.32. The van der Waals surface area contributed by atoms with Crippen molar-refractivity contribution in [3.8, 4) is 0 Å². The number of nitrogens with two attached hydrogens (primary N) is 1. The Kier molecular flexibility index (Phi) is 5.76. The van der Waals surface area contributed by atoms with Crippen molar-refractivity contribution in [3.63, 3.8) is 0 Å². The number of aryl methyl sites for hydroxylation is 1. The Hall–Kier alpha value is -0.660. The van der Waals surface area contributed by atoms with Crippen LogP contribution >= 0.6 is 11.6 Å². The second kappa shape index (κ2) is 6.67. The molecule has 0 aromatic heterocycles. The molecule has 0 aliphatic heterocycles. The number of likely N-dealkylation sites (N-methyl/N-ethyl adjacent to an activating group) is 1. The van der Waals surface area contributed by atoms with Crippen LogP contribution in [-0.2, 0) is 10.0 Å². The summed E-state index contributed by atoms with van der Waals surface area (Å²) in [6.45, 7) is 3.72. The second-order valence-electron chi connectivity index (χ2n) is 4.26. The minimum Gasteiger partial charge on any atom is -0.390 e. The number of hydrogen-bond acceptors (Lipinski definition) is 4. The molecule has 1 aromatic carbocycles. The Bertz CT molecular complexity index is 534. The lowest BCUT2D eigenvalue weighted by molar-refractivity contribution is 0.154. The third-order valence-electron chi connectivity index (χ3n) is 2.81.